The predicted octanol–water partition coefficient (Wildman–Crippen LogP) is 16.9. The first-order chi connectivity index (χ1) is 36.2. The molecule has 0 saturated carbocycles. The average molecular weight is 924 g/mol. The molecule has 0 amide bonds. The van der Waals surface area contributed by atoms with Gasteiger partial charge in [0.2, 0.25) is 0 Å². The van der Waals surface area contributed by atoms with Gasteiger partial charge in [0.1, 0.15) is 11.2 Å². The summed E-state index contributed by atoms with van der Waals surface area (Å²) in [5.74, 6) is 0. The van der Waals surface area contributed by atoms with E-state index in [-0.39, 0.29) is 6.85 Å². The Labute approximate surface area is 418 Å². The minimum Gasteiger partial charge on any atom is -0.456 e. The van der Waals surface area contributed by atoms with Crippen molar-refractivity contribution >= 4 is 138 Å². The quantitative estimate of drug-likeness (QED) is 0.130. The fraction of sp³-hybridized carbons (Fsp3) is 0. The summed E-state index contributed by atoms with van der Waals surface area (Å²) in [5, 5.41) is 14.7. The number of nitrogens with zero attached hydrogens (tertiary/aromatic N) is 3. The number of furan rings is 1. The SMILES string of the molecule is c1ccc(-c2ccc3c(c2)c2cc(-c4ccccc4)cc4c2n3B2c3c(cc5oc6ccccc6c5c3-4)N(c3c4ccccc4cc4ccccc34)c3cc4c5ccccc5n5c6ccccc6c(c32)c45)cc1. The van der Waals surface area contributed by atoms with Gasteiger partial charge in [0.15, 0.2) is 0 Å². The number of para-hydroxylation sites is 3. The van der Waals surface area contributed by atoms with Gasteiger partial charge in [0.05, 0.1) is 22.2 Å². The molecule has 0 spiro atoms. The van der Waals surface area contributed by atoms with E-state index in [1.807, 2.05) is 0 Å². The van der Waals surface area contributed by atoms with Crippen molar-refractivity contribution in [1.29, 1.82) is 0 Å². The van der Waals surface area contributed by atoms with Gasteiger partial charge >= 0.3 is 6.85 Å². The molecule has 2 aliphatic rings. The molecule has 18 rings (SSSR count). The molecule has 5 heteroatoms. The summed E-state index contributed by atoms with van der Waals surface area (Å²) in [7, 11) is 0. The van der Waals surface area contributed by atoms with Crippen LogP contribution in [0.15, 0.2) is 235 Å². The van der Waals surface area contributed by atoms with Crippen LogP contribution in [0.5, 0.6) is 0 Å². The second-order valence-corrected chi connectivity index (χ2v) is 20.3. The highest BCUT2D eigenvalue weighted by molar-refractivity contribution is 6.92. The summed E-state index contributed by atoms with van der Waals surface area (Å²) in [6.45, 7) is -0.231. The Morgan fingerprint density at radius 3 is 1.68 bits per heavy atom. The topological polar surface area (TPSA) is 25.7 Å². The molecular weight excluding hydrogens is 886 g/mol. The molecule has 16 aromatic rings. The number of fused-ring (bicyclic) bond motifs is 20. The van der Waals surface area contributed by atoms with Gasteiger partial charge in [-0.1, -0.05) is 170 Å². The Hall–Kier alpha value is -9.58. The van der Waals surface area contributed by atoms with Crippen LogP contribution in [0.2, 0.25) is 0 Å². The van der Waals surface area contributed by atoms with Crippen molar-refractivity contribution in [1.82, 2.24) is 8.88 Å². The van der Waals surface area contributed by atoms with E-state index in [1.54, 1.807) is 0 Å². The lowest BCUT2D eigenvalue weighted by atomic mass is 9.44. The van der Waals surface area contributed by atoms with Crippen LogP contribution in [-0.2, 0) is 0 Å². The molecule has 334 valence electrons. The van der Waals surface area contributed by atoms with Crippen molar-refractivity contribution in [3.05, 3.63) is 231 Å². The van der Waals surface area contributed by atoms with E-state index in [1.165, 1.54) is 137 Å². The lowest BCUT2D eigenvalue weighted by Gasteiger charge is -2.42. The van der Waals surface area contributed by atoms with Gasteiger partial charge in [0, 0.05) is 87.9 Å². The molecule has 4 nitrogen and oxygen atoms in total. The summed E-state index contributed by atoms with van der Waals surface area (Å²) in [5.41, 5.74) is 21.3. The largest absolute Gasteiger partial charge is 0.456 e. The molecule has 73 heavy (non-hydrogen) atoms. The molecular formula is C68H38BN3O. The minimum atomic E-state index is -0.231. The van der Waals surface area contributed by atoms with E-state index < -0.39 is 0 Å². The molecule has 0 atom stereocenters. The fourth-order valence-electron chi connectivity index (χ4n) is 13.9. The molecule has 12 aromatic carbocycles. The van der Waals surface area contributed by atoms with Crippen LogP contribution in [0, 0.1) is 0 Å². The Bertz CT molecular complexity index is 5050. The van der Waals surface area contributed by atoms with Crippen LogP contribution in [0.4, 0.5) is 17.1 Å². The molecule has 0 aliphatic carbocycles. The maximum atomic E-state index is 7.17. The standard InChI is InChI=1S/C68H38BN3O/c1-3-17-39(18-4-1)41-31-32-56-50(34-41)51-35-44(40-19-5-2-6-20-40)36-53-62-61-49-27-13-16-30-59(49)73-60(61)38-58-64(62)69(72(56)67(51)53)65-57(71(58)66-45-23-9-7-21-42(45)33-43-22-8-10-24-46(43)66)37-52-47-25-11-14-28-54(47)70-55-29-15-12-26-48(55)63(65)68(52)70/h1-38H. The summed E-state index contributed by atoms with van der Waals surface area (Å²) >= 11 is 0. The Morgan fingerprint density at radius 2 is 0.932 bits per heavy atom. The van der Waals surface area contributed by atoms with E-state index in [0.717, 1.165) is 27.6 Å². The zero-order valence-electron chi connectivity index (χ0n) is 39.3. The van der Waals surface area contributed by atoms with E-state index in [0.29, 0.717) is 0 Å². The monoisotopic (exact) mass is 923 g/mol. The zero-order chi connectivity index (χ0) is 47.2. The third-order valence-corrected chi connectivity index (χ3v) is 16.7. The second kappa shape index (κ2) is 13.6. The highest BCUT2D eigenvalue weighted by atomic mass is 16.3. The zero-order valence-corrected chi connectivity index (χ0v) is 39.3. The predicted molar refractivity (Wildman–Crippen MR) is 308 cm³/mol. The number of rotatable bonds is 3. The number of hydrogen-bond donors (Lipinski definition) is 0. The fourth-order valence-corrected chi connectivity index (χ4v) is 13.9. The smallest absolute Gasteiger partial charge is 0.333 e. The number of hydrogen-bond acceptors (Lipinski definition) is 2. The molecule has 6 heterocycles. The van der Waals surface area contributed by atoms with Crippen molar-refractivity contribution < 1.29 is 4.42 Å². The summed E-state index contributed by atoms with van der Waals surface area (Å²) in [6.07, 6.45) is 0. The first-order valence-electron chi connectivity index (χ1n) is 25.4. The van der Waals surface area contributed by atoms with Crippen LogP contribution in [0.25, 0.3) is 137 Å². The third-order valence-electron chi connectivity index (χ3n) is 16.7. The van der Waals surface area contributed by atoms with E-state index in [9.17, 15) is 0 Å². The Morgan fingerprint density at radius 1 is 0.342 bits per heavy atom. The first kappa shape index (κ1) is 38.2. The maximum absolute atomic E-state index is 7.17. The molecule has 0 unspecified atom stereocenters. The first-order valence-corrected chi connectivity index (χ1v) is 25.4. The third kappa shape index (κ3) is 4.78. The van der Waals surface area contributed by atoms with Gasteiger partial charge in [-0.25, -0.2) is 0 Å². The van der Waals surface area contributed by atoms with E-state index in [4.69, 9.17) is 4.42 Å². The van der Waals surface area contributed by atoms with Gasteiger partial charge in [-0.05, 0) is 104 Å². The Kier molecular flexibility index (Phi) is 7.14. The average Bonchev–Trinajstić information content (AvgIpc) is 4.28. The van der Waals surface area contributed by atoms with Crippen molar-refractivity contribution in [2.45, 2.75) is 0 Å². The summed E-state index contributed by atoms with van der Waals surface area (Å²) in [6, 6.07) is 86.0. The van der Waals surface area contributed by atoms with Crippen LogP contribution in [0.1, 0.15) is 0 Å². The van der Waals surface area contributed by atoms with Crippen molar-refractivity contribution in [3.63, 3.8) is 0 Å². The van der Waals surface area contributed by atoms with Crippen molar-refractivity contribution in [2.75, 3.05) is 4.90 Å². The van der Waals surface area contributed by atoms with Crippen LogP contribution in [-0.4, -0.2) is 15.7 Å². The van der Waals surface area contributed by atoms with Crippen LogP contribution >= 0.6 is 0 Å². The molecule has 2 aliphatic heterocycles. The van der Waals surface area contributed by atoms with Gasteiger partial charge in [-0.3, -0.25) is 0 Å². The number of anilines is 3. The molecule has 0 bridgehead atoms. The van der Waals surface area contributed by atoms with Crippen molar-refractivity contribution in [2.24, 2.45) is 0 Å². The number of benzene rings is 12. The summed E-state index contributed by atoms with van der Waals surface area (Å²) < 4.78 is 12.5. The van der Waals surface area contributed by atoms with Gasteiger partial charge < -0.3 is 18.2 Å². The molecule has 0 radical (unpaired) electrons. The minimum absolute atomic E-state index is 0.231. The molecule has 4 aromatic heterocycles. The lowest BCUT2D eigenvalue weighted by molar-refractivity contribution is 0.669. The highest BCUT2D eigenvalue weighted by Gasteiger charge is 2.47. The molecule has 0 saturated heterocycles. The molecule has 0 N–H and O–H groups in total. The highest BCUT2D eigenvalue weighted by Crippen LogP contribution is 2.54. The van der Waals surface area contributed by atoms with E-state index >= 15 is 0 Å². The van der Waals surface area contributed by atoms with E-state index in [2.05, 4.69) is 244 Å². The second-order valence-electron chi connectivity index (χ2n) is 20.3. The van der Waals surface area contributed by atoms with Crippen LogP contribution < -0.4 is 15.8 Å². The van der Waals surface area contributed by atoms with Gasteiger partial charge in [-0.2, -0.15) is 0 Å². The maximum Gasteiger partial charge on any atom is 0.333 e. The van der Waals surface area contributed by atoms with Gasteiger partial charge in [-0.15, -0.1) is 0 Å². The van der Waals surface area contributed by atoms with Crippen molar-refractivity contribution in [3.8, 4) is 33.4 Å². The normalized spacial score (nSPS) is 13.2. The summed E-state index contributed by atoms with van der Waals surface area (Å²) in [4.78, 5) is 2.66. The Balaban J connectivity index is 1.12. The van der Waals surface area contributed by atoms with Crippen LogP contribution in [0.3, 0.4) is 0 Å². The number of aromatic nitrogens is 2. The van der Waals surface area contributed by atoms with Gasteiger partial charge in [0.25, 0.3) is 0 Å². The molecule has 0 fully saturated rings. The lowest BCUT2D eigenvalue weighted by Crippen LogP contribution is -2.57.